The summed E-state index contributed by atoms with van der Waals surface area (Å²) in [6.07, 6.45) is 3.57. The van der Waals surface area contributed by atoms with Gasteiger partial charge in [-0.15, -0.1) is 0 Å². The number of carbonyl (C=O) groups excluding carboxylic acids is 3. The van der Waals surface area contributed by atoms with Crippen molar-refractivity contribution in [3.8, 4) is 0 Å². The second kappa shape index (κ2) is 11.9. The Kier molecular flexibility index (Phi) is 8.64. The summed E-state index contributed by atoms with van der Waals surface area (Å²) in [7, 11) is 3.87. The fourth-order valence-electron chi connectivity index (χ4n) is 5.79. The highest BCUT2D eigenvalue weighted by molar-refractivity contribution is 5.98. The normalized spacial score (nSPS) is 19.9. The molecule has 1 fully saturated rings. The third-order valence-electron chi connectivity index (χ3n) is 7.92. The second-order valence-corrected chi connectivity index (χ2v) is 10.7. The minimum Gasteiger partial charge on any atom is -0.342 e. The molecular weight excluding hydrogens is 464 g/mol. The van der Waals surface area contributed by atoms with Gasteiger partial charge in [-0.1, -0.05) is 69.2 Å². The summed E-state index contributed by atoms with van der Waals surface area (Å²) in [4.78, 5) is 44.0. The van der Waals surface area contributed by atoms with Crippen molar-refractivity contribution in [1.82, 2.24) is 15.1 Å². The molecule has 2 unspecified atom stereocenters. The van der Waals surface area contributed by atoms with Crippen LogP contribution >= 0.6 is 0 Å². The number of hydrogen-bond acceptors (Lipinski definition) is 4. The Bertz CT molecular complexity index is 1100. The lowest BCUT2D eigenvalue weighted by Gasteiger charge is -2.44. The predicted octanol–water partition coefficient (Wildman–Crippen LogP) is 3.62. The van der Waals surface area contributed by atoms with Crippen LogP contribution in [0.1, 0.15) is 49.8 Å². The summed E-state index contributed by atoms with van der Waals surface area (Å²) in [5.41, 5.74) is 4.05. The maximum absolute atomic E-state index is 14.1. The molecule has 7 nitrogen and oxygen atoms in total. The Morgan fingerprint density at radius 1 is 1.03 bits per heavy atom. The minimum absolute atomic E-state index is 0.0250. The average Bonchev–Trinajstić information content (AvgIpc) is 3.32. The number of carbonyl (C=O) groups is 3. The molecule has 1 aliphatic heterocycles. The van der Waals surface area contributed by atoms with Crippen LogP contribution in [-0.2, 0) is 33.8 Å². The first-order valence-corrected chi connectivity index (χ1v) is 13.5. The summed E-state index contributed by atoms with van der Waals surface area (Å²) in [6, 6.07) is 14.8. The average molecular weight is 505 g/mol. The summed E-state index contributed by atoms with van der Waals surface area (Å²) in [5.74, 6) is -0.0562. The SMILES string of the molecule is CCC(CC)C1C(=O)NC(C2Cc3ccccc3C2)C(=O)N1Cc1ccccc1NC(=O)CCN(C)C. The van der Waals surface area contributed by atoms with Gasteiger partial charge in [0.15, 0.2) is 0 Å². The Morgan fingerprint density at radius 3 is 2.27 bits per heavy atom. The van der Waals surface area contributed by atoms with Crippen molar-refractivity contribution in [3.05, 3.63) is 65.2 Å². The van der Waals surface area contributed by atoms with Crippen LogP contribution in [-0.4, -0.2) is 60.2 Å². The fraction of sp³-hybridized carbons (Fsp3) is 0.500. The van der Waals surface area contributed by atoms with Gasteiger partial charge in [0.2, 0.25) is 17.7 Å². The number of hydrogen-bond donors (Lipinski definition) is 2. The van der Waals surface area contributed by atoms with E-state index in [0.29, 0.717) is 18.7 Å². The number of anilines is 1. The van der Waals surface area contributed by atoms with E-state index in [1.165, 1.54) is 11.1 Å². The van der Waals surface area contributed by atoms with Crippen molar-refractivity contribution in [2.75, 3.05) is 26.0 Å². The smallest absolute Gasteiger partial charge is 0.246 e. The van der Waals surface area contributed by atoms with Crippen LogP contribution in [0.15, 0.2) is 48.5 Å². The zero-order chi connectivity index (χ0) is 26.5. The maximum atomic E-state index is 14.1. The number of para-hydroxylation sites is 1. The number of fused-ring (bicyclic) bond motifs is 1. The molecule has 1 saturated heterocycles. The van der Waals surface area contributed by atoms with Gasteiger partial charge in [-0.3, -0.25) is 14.4 Å². The summed E-state index contributed by atoms with van der Waals surface area (Å²) in [6.45, 7) is 5.08. The van der Waals surface area contributed by atoms with Gasteiger partial charge in [-0.05, 0) is 61.5 Å². The Hall–Kier alpha value is -3.19. The van der Waals surface area contributed by atoms with Crippen molar-refractivity contribution >= 4 is 23.4 Å². The molecule has 0 bridgehead atoms. The molecule has 2 aromatic carbocycles. The van der Waals surface area contributed by atoms with Crippen LogP contribution in [0.25, 0.3) is 0 Å². The van der Waals surface area contributed by atoms with Crippen LogP contribution in [0, 0.1) is 11.8 Å². The molecule has 2 aromatic rings. The van der Waals surface area contributed by atoms with Crippen LogP contribution in [0.5, 0.6) is 0 Å². The molecule has 4 rings (SSSR count). The van der Waals surface area contributed by atoms with E-state index < -0.39 is 12.1 Å². The van der Waals surface area contributed by atoms with E-state index in [0.717, 1.165) is 31.2 Å². The fourth-order valence-corrected chi connectivity index (χ4v) is 5.79. The zero-order valence-electron chi connectivity index (χ0n) is 22.5. The second-order valence-electron chi connectivity index (χ2n) is 10.7. The van der Waals surface area contributed by atoms with Gasteiger partial charge in [0, 0.05) is 25.2 Å². The van der Waals surface area contributed by atoms with Gasteiger partial charge in [0.1, 0.15) is 12.1 Å². The molecule has 3 amide bonds. The van der Waals surface area contributed by atoms with Gasteiger partial charge in [0.05, 0.1) is 0 Å². The predicted molar refractivity (Wildman–Crippen MR) is 146 cm³/mol. The van der Waals surface area contributed by atoms with Crippen molar-refractivity contribution in [1.29, 1.82) is 0 Å². The summed E-state index contributed by atoms with van der Waals surface area (Å²) in [5, 5.41) is 6.16. The van der Waals surface area contributed by atoms with Crippen LogP contribution < -0.4 is 10.6 Å². The molecule has 2 N–H and O–H groups in total. The van der Waals surface area contributed by atoms with Crippen molar-refractivity contribution in [2.24, 2.45) is 11.8 Å². The molecule has 2 atom stereocenters. The Morgan fingerprint density at radius 2 is 1.65 bits per heavy atom. The highest BCUT2D eigenvalue weighted by Crippen LogP contribution is 2.34. The largest absolute Gasteiger partial charge is 0.342 e. The van der Waals surface area contributed by atoms with Gasteiger partial charge in [-0.2, -0.15) is 0 Å². The topological polar surface area (TPSA) is 81.8 Å². The Balaban J connectivity index is 1.60. The number of benzene rings is 2. The third kappa shape index (κ3) is 6.04. The third-order valence-corrected chi connectivity index (χ3v) is 7.92. The number of piperazine rings is 1. The lowest BCUT2D eigenvalue weighted by atomic mass is 9.86. The van der Waals surface area contributed by atoms with Crippen LogP contribution in [0.4, 0.5) is 5.69 Å². The molecule has 2 aliphatic rings. The summed E-state index contributed by atoms with van der Waals surface area (Å²) < 4.78 is 0. The van der Waals surface area contributed by atoms with Gasteiger partial charge < -0.3 is 20.4 Å². The highest BCUT2D eigenvalue weighted by atomic mass is 16.2. The van der Waals surface area contributed by atoms with Crippen molar-refractivity contribution < 1.29 is 14.4 Å². The van der Waals surface area contributed by atoms with E-state index in [2.05, 4.69) is 36.6 Å². The van der Waals surface area contributed by atoms with E-state index in [-0.39, 0.29) is 36.1 Å². The first-order valence-electron chi connectivity index (χ1n) is 13.5. The maximum Gasteiger partial charge on any atom is 0.246 e. The van der Waals surface area contributed by atoms with Gasteiger partial charge in [-0.25, -0.2) is 0 Å². The van der Waals surface area contributed by atoms with Crippen molar-refractivity contribution in [3.63, 3.8) is 0 Å². The molecule has 0 spiro atoms. The van der Waals surface area contributed by atoms with E-state index in [9.17, 15) is 14.4 Å². The van der Waals surface area contributed by atoms with Crippen LogP contribution in [0.3, 0.4) is 0 Å². The molecule has 7 heteroatoms. The lowest BCUT2D eigenvalue weighted by molar-refractivity contribution is -0.154. The van der Waals surface area contributed by atoms with E-state index in [1.807, 2.05) is 55.4 Å². The van der Waals surface area contributed by atoms with Gasteiger partial charge in [0.25, 0.3) is 0 Å². The van der Waals surface area contributed by atoms with E-state index in [4.69, 9.17) is 0 Å². The minimum atomic E-state index is -0.549. The quantitative estimate of drug-likeness (QED) is 0.518. The lowest BCUT2D eigenvalue weighted by Crippen LogP contribution is -2.66. The highest BCUT2D eigenvalue weighted by Gasteiger charge is 2.47. The monoisotopic (exact) mass is 504 g/mol. The molecule has 0 saturated carbocycles. The Labute approximate surface area is 220 Å². The molecule has 1 heterocycles. The standard InChI is InChI=1S/C30H40N4O3/c1-5-20(6-2)28-29(36)32-27(24-17-21-11-7-8-12-22(21)18-24)30(37)34(28)19-23-13-9-10-14-25(23)31-26(35)15-16-33(3)4/h7-14,20,24,27-28H,5-6,15-19H2,1-4H3,(H,31,35)(H,32,36). The molecule has 0 radical (unpaired) electrons. The molecular formula is C30H40N4O3. The molecule has 198 valence electrons. The molecule has 37 heavy (non-hydrogen) atoms. The molecule has 0 aromatic heterocycles. The van der Waals surface area contributed by atoms with Crippen molar-refractivity contribution in [2.45, 2.75) is 64.6 Å². The summed E-state index contributed by atoms with van der Waals surface area (Å²) >= 11 is 0. The number of nitrogens with one attached hydrogen (secondary N) is 2. The number of rotatable bonds is 10. The molecule has 1 aliphatic carbocycles. The first kappa shape index (κ1) is 26.9. The number of amides is 3. The zero-order valence-corrected chi connectivity index (χ0v) is 22.5. The van der Waals surface area contributed by atoms with E-state index in [1.54, 1.807) is 4.90 Å². The first-order chi connectivity index (χ1) is 17.8. The van der Waals surface area contributed by atoms with Gasteiger partial charge >= 0.3 is 0 Å². The van der Waals surface area contributed by atoms with Crippen LogP contribution in [0.2, 0.25) is 0 Å². The number of nitrogens with zero attached hydrogens (tertiary/aromatic N) is 2. The van der Waals surface area contributed by atoms with E-state index >= 15 is 0 Å².